The molecule has 0 atom stereocenters. The summed E-state index contributed by atoms with van der Waals surface area (Å²) in [7, 11) is -1.01. The molecule has 2 aromatic heterocycles. The van der Waals surface area contributed by atoms with Gasteiger partial charge >= 0.3 is 7.12 Å². The fourth-order valence-electron chi connectivity index (χ4n) is 2.30. The fraction of sp³-hybridized carbons (Fsp3) is 0.353. The standard InChI is InChI=1S/C17H19BFNO3/c1-16(2)17(3,4)23-18(22-16)15(19)9-12-8-13(11-20-10-12)14-6-5-7-21-14/h5-11H,1-4H3. The van der Waals surface area contributed by atoms with Gasteiger partial charge in [0, 0.05) is 18.0 Å². The van der Waals surface area contributed by atoms with Crippen molar-refractivity contribution < 1.29 is 18.1 Å². The first-order valence-corrected chi connectivity index (χ1v) is 7.50. The van der Waals surface area contributed by atoms with Crippen LogP contribution in [-0.4, -0.2) is 23.3 Å². The molecule has 1 saturated heterocycles. The van der Waals surface area contributed by atoms with Gasteiger partial charge in [0.15, 0.2) is 0 Å². The molecule has 0 amide bonds. The van der Waals surface area contributed by atoms with Crippen LogP contribution in [0.4, 0.5) is 4.39 Å². The van der Waals surface area contributed by atoms with Crippen molar-refractivity contribution in [2.75, 3.05) is 0 Å². The van der Waals surface area contributed by atoms with Crippen LogP contribution in [0.5, 0.6) is 0 Å². The van der Waals surface area contributed by atoms with E-state index in [1.54, 1.807) is 30.8 Å². The number of rotatable bonds is 3. The van der Waals surface area contributed by atoms with Crippen molar-refractivity contribution >= 4 is 13.2 Å². The number of pyridine rings is 1. The highest BCUT2D eigenvalue weighted by molar-refractivity contribution is 6.54. The Labute approximate surface area is 135 Å². The molecule has 1 aliphatic rings. The van der Waals surface area contributed by atoms with E-state index in [9.17, 15) is 4.39 Å². The highest BCUT2D eigenvalue weighted by Crippen LogP contribution is 2.39. The molecule has 0 N–H and O–H groups in total. The zero-order valence-electron chi connectivity index (χ0n) is 13.7. The second-order valence-corrected chi connectivity index (χ2v) is 6.60. The lowest BCUT2D eigenvalue weighted by atomic mass is 9.87. The van der Waals surface area contributed by atoms with Gasteiger partial charge in [0.1, 0.15) is 11.5 Å². The van der Waals surface area contributed by atoms with E-state index in [0.29, 0.717) is 11.3 Å². The van der Waals surface area contributed by atoms with Crippen molar-refractivity contribution in [3.8, 4) is 11.3 Å². The minimum absolute atomic E-state index is 0.484. The first-order valence-electron chi connectivity index (χ1n) is 7.50. The summed E-state index contributed by atoms with van der Waals surface area (Å²) in [6, 6.07) is 5.43. The highest BCUT2D eigenvalue weighted by Gasteiger charge is 2.53. The molecule has 0 aliphatic carbocycles. The summed E-state index contributed by atoms with van der Waals surface area (Å²) in [5.41, 5.74) is -0.229. The van der Waals surface area contributed by atoms with Crippen LogP contribution < -0.4 is 0 Å². The topological polar surface area (TPSA) is 44.5 Å². The van der Waals surface area contributed by atoms with Crippen LogP contribution in [0.3, 0.4) is 0 Å². The molecule has 0 spiro atoms. The van der Waals surface area contributed by atoms with Crippen LogP contribution in [0, 0.1) is 0 Å². The molecule has 1 fully saturated rings. The average molecular weight is 315 g/mol. The third-order valence-electron chi connectivity index (χ3n) is 4.35. The molecule has 4 nitrogen and oxygen atoms in total. The summed E-state index contributed by atoms with van der Waals surface area (Å²) in [4.78, 5) is 4.12. The number of nitrogens with zero attached hydrogens (tertiary/aromatic N) is 1. The molecule has 0 unspecified atom stereocenters. The van der Waals surface area contributed by atoms with E-state index in [-0.39, 0.29) is 0 Å². The zero-order chi connectivity index (χ0) is 16.7. The van der Waals surface area contributed by atoms with E-state index >= 15 is 0 Å². The maximum absolute atomic E-state index is 14.5. The van der Waals surface area contributed by atoms with Gasteiger partial charge in [-0.2, -0.15) is 0 Å². The van der Waals surface area contributed by atoms with Gasteiger partial charge in [0.2, 0.25) is 0 Å². The highest BCUT2D eigenvalue weighted by atomic mass is 19.1. The van der Waals surface area contributed by atoms with Gasteiger partial charge in [0.05, 0.1) is 17.5 Å². The van der Waals surface area contributed by atoms with Crippen LogP contribution in [0.15, 0.2) is 47.0 Å². The molecular weight excluding hydrogens is 296 g/mol. The maximum Gasteiger partial charge on any atom is 0.525 e. The van der Waals surface area contributed by atoms with Crippen LogP contribution in [0.25, 0.3) is 17.4 Å². The lowest BCUT2D eigenvalue weighted by molar-refractivity contribution is 0.00578. The van der Waals surface area contributed by atoms with Crippen LogP contribution in [-0.2, 0) is 9.31 Å². The van der Waals surface area contributed by atoms with E-state index in [2.05, 4.69) is 4.98 Å². The number of halogens is 1. The van der Waals surface area contributed by atoms with Gasteiger partial charge in [-0.25, -0.2) is 4.39 Å². The Hall–Kier alpha value is -1.92. The molecule has 0 saturated carbocycles. The normalized spacial score (nSPS) is 20.0. The van der Waals surface area contributed by atoms with Gasteiger partial charge in [0.25, 0.3) is 0 Å². The lowest BCUT2D eigenvalue weighted by Gasteiger charge is -2.32. The molecule has 3 rings (SSSR count). The largest absolute Gasteiger partial charge is 0.525 e. The second-order valence-electron chi connectivity index (χ2n) is 6.60. The Kier molecular flexibility index (Phi) is 3.90. The van der Waals surface area contributed by atoms with Crippen LogP contribution in [0.1, 0.15) is 33.3 Å². The first kappa shape index (κ1) is 16.0. The summed E-state index contributed by atoms with van der Waals surface area (Å²) >= 11 is 0. The quantitative estimate of drug-likeness (QED) is 0.793. The van der Waals surface area contributed by atoms with Crippen LogP contribution >= 0.6 is 0 Å². The Morgan fingerprint density at radius 2 is 1.87 bits per heavy atom. The molecule has 2 aromatic rings. The third kappa shape index (κ3) is 3.09. The minimum atomic E-state index is -1.01. The van der Waals surface area contributed by atoms with E-state index in [1.165, 1.54) is 6.08 Å². The number of hydrogen-bond donors (Lipinski definition) is 0. The number of hydrogen-bond acceptors (Lipinski definition) is 4. The second kappa shape index (κ2) is 5.62. The number of aromatic nitrogens is 1. The third-order valence-corrected chi connectivity index (χ3v) is 4.35. The Balaban J connectivity index is 1.84. The lowest BCUT2D eigenvalue weighted by Crippen LogP contribution is -2.41. The molecular formula is C17H19BFNO3. The Morgan fingerprint density at radius 3 is 2.48 bits per heavy atom. The van der Waals surface area contributed by atoms with E-state index in [1.807, 2.05) is 33.8 Å². The predicted octanol–water partition coefficient (Wildman–Crippen LogP) is 4.28. The van der Waals surface area contributed by atoms with Gasteiger partial charge < -0.3 is 13.7 Å². The van der Waals surface area contributed by atoms with E-state index in [4.69, 9.17) is 13.7 Å². The molecule has 120 valence electrons. The fourth-order valence-corrected chi connectivity index (χ4v) is 2.30. The molecule has 6 heteroatoms. The van der Waals surface area contributed by atoms with Crippen LogP contribution in [0.2, 0.25) is 0 Å². The molecule has 1 aliphatic heterocycles. The van der Waals surface area contributed by atoms with Crippen molar-refractivity contribution in [3.63, 3.8) is 0 Å². The number of furan rings is 1. The van der Waals surface area contributed by atoms with Gasteiger partial charge in [-0.1, -0.05) is 0 Å². The van der Waals surface area contributed by atoms with Crippen molar-refractivity contribution in [2.24, 2.45) is 0 Å². The average Bonchev–Trinajstić information content (AvgIpc) is 3.06. The molecule has 3 heterocycles. The zero-order valence-corrected chi connectivity index (χ0v) is 13.7. The summed E-state index contributed by atoms with van der Waals surface area (Å²) in [6.07, 6.45) is 6.21. The molecule has 0 aromatic carbocycles. The SMILES string of the molecule is CC1(C)OB(C(F)=Cc2cncc(-c3ccco3)c2)OC1(C)C. The maximum atomic E-state index is 14.5. The Bertz CT molecular complexity index is 709. The molecule has 0 bridgehead atoms. The van der Waals surface area contributed by atoms with Gasteiger partial charge in [-0.3, -0.25) is 4.98 Å². The summed E-state index contributed by atoms with van der Waals surface area (Å²) in [6.45, 7) is 7.55. The summed E-state index contributed by atoms with van der Waals surface area (Å²) in [5, 5.41) is 0. The van der Waals surface area contributed by atoms with Gasteiger partial charge in [-0.05, 0) is 57.5 Å². The minimum Gasteiger partial charge on any atom is -0.464 e. The molecule has 23 heavy (non-hydrogen) atoms. The first-order chi connectivity index (χ1) is 10.8. The van der Waals surface area contributed by atoms with E-state index < -0.39 is 24.0 Å². The van der Waals surface area contributed by atoms with E-state index in [0.717, 1.165) is 5.56 Å². The molecule has 0 radical (unpaired) electrons. The summed E-state index contributed by atoms with van der Waals surface area (Å²) < 4.78 is 31.2. The van der Waals surface area contributed by atoms with Crippen molar-refractivity contribution in [1.29, 1.82) is 0 Å². The predicted molar refractivity (Wildman–Crippen MR) is 87.1 cm³/mol. The smallest absolute Gasteiger partial charge is 0.464 e. The van der Waals surface area contributed by atoms with Gasteiger partial charge in [-0.15, -0.1) is 0 Å². The monoisotopic (exact) mass is 315 g/mol. The Morgan fingerprint density at radius 1 is 1.17 bits per heavy atom. The summed E-state index contributed by atoms with van der Waals surface area (Å²) in [5.74, 6) is 0.684. The van der Waals surface area contributed by atoms with Crippen molar-refractivity contribution in [2.45, 2.75) is 38.9 Å². The van der Waals surface area contributed by atoms with Crippen molar-refractivity contribution in [3.05, 3.63) is 48.1 Å². The van der Waals surface area contributed by atoms with Crippen molar-refractivity contribution in [1.82, 2.24) is 4.98 Å².